The molecule has 0 saturated carbocycles. The summed E-state index contributed by atoms with van der Waals surface area (Å²) in [7, 11) is 0.469. The van der Waals surface area contributed by atoms with Gasteiger partial charge in [-0.2, -0.15) is 8.42 Å². The zero-order valence-corrected chi connectivity index (χ0v) is 23.5. The zero-order chi connectivity index (χ0) is 28.4. The lowest BCUT2D eigenvalue weighted by atomic mass is 10.1. The van der Waals surface area contributed by atoms with Gasteiger partial charge in [-0.05, 0) is 53.1 Å². The summed E-state index contributed by atoms with van der Waals surface area (Å²) in [6.07, 6.45) is -2.62. The van der Waals surface area contributed by atoms with Crippen molar-refractivity contribution in [1.29, 1.82) is 0 Å². The molecule has 1 heterocycles. The number of hydrogen-bond donors (Lipinski definition) is 0. The second kappa shape index (κ2) is 14.4. The molecule has 10 nitrogen and oxygen atoms in total. The van der Waals surface area contributed by atoms with Gasteiger partial charge in [0.2, 0.25) is 0 Å². The van der Waals surface area contributed by atoms with Crippen molar-refractivity contribution in [1.82, 2.24) is 0 Å². The Morgan fingerprint density at radius 2 is 1.12 bits per heavy atom. The highest BCUT2D eigenvalue weighted by Gasteiger charge is 2.40. The molecule has 0 aliphatic carbocycles. The van der Waals surface area contributed by atoms with E-state index in [1.807, 2.05) is 72.8 Å². The van der Waals surface area contributed by atoms with Gasteiger partial charge in [-0.15, -0.1) is 0 Å². The first-order valence-corrected chi connectivity index (χ1v) is 14.0. The summed E-state index contributed by atoms with van der Waals surface area (Å²) in [5.74, 6) is 2.16. The van der Waals surface area contributed by atoms with Crippen molar-refractivity contribution < 1.29 is 45.2 Å². The van der Waals surface area contributed by atoms with E-state index in [1.54, 1.807) is 21.3 Å². The number of hydrogen-bond acceptors (Lipinski definition) is 10. The van der Waals surface area contributed by atoms with Gasteiger partial charge >= 0.3 is 10.4 Å². The molecule has 1 saturated heterocycles. The number of benzene rings is 3. The van der Waals surface area contributed by atoms with Crippen LogP contribution < -0.4 is 14.2 Å². The van der Waals surface area contributed by atoms with E-state index in [9.17, 15) is 8.42 Å². The SMILES string of the molecule is COc1ccc(COC[C@@H]2OS(=O)(=O)OC[C@@H](OCc3ccc(OC)cc3)[C@@H]2OCc2ccc(OC)cc2)cc1. The molecular formula is C29H34O10S. The van der Waals surface area contributed by atoms with Crippen LogP contribution in [0.5, 0.6) is 17.2 Å². The van der Waals surface area contributed by atoms with Crippen molar-refractivity contribution in [3.8, 4) is 17.2 Å². The highest BCUT2D eigenvalue weighted by molar-refractivity contribution is 7.81. The Kier molecular flexibility index (Phi) is 10.8. The minimum absolute atomic E-state index is 0.0791. The van der Waals surface area contributed by atoms with Crippen LogP contribution in [0, 0.1) is 0 Å². The summed E-state index contributed by atoms with van der Waals surface area (Å²) in [6, 6.07) is 22.1. The minimum atomic E-state index is -4.31. The van der Waals surface area contributed by atoms with Crippen molar-refractivity contribution in [2.24, 2.45) is 0 Å². The Morgan fingerprint density at radius 3 is 1.60 bits per heavy atom. The molecule has 1 fully saturated rings. The van der Waals surface area contributed by atoms with Crippen LogP contribution in [0.15, 0.2) is 72.8 Å². The summed E-state index contributed by atoms with van der Waals surface area (Å²) in [6.45, 7) is 0.244. The van der Waals surface area contributed by atoms with Gasteiger partial charge in [-0.1, -0.05) is 36.4 Å². The molecule has 1 aliphatic heterocycles. The maximum Gasteiger partial charge on any atom is 0.400 e. The van der Waals surface area contributed by atoms with Crippen molar-refractivity contribution in [3.05, 3.63) is 89.5 Å². The molecule has 0 aromatic heterocycles. The Labute approximate surface area is 235 Å². The molecule has 11 heteroatoms. The second-order valence-electron chi connectivity index (χ2n) is 9.01. The predicted molar refractivity (Wildman–Crippen MR) is 146 cm³/mol. The normalized spacial score (nSPS) is 20.4. The fraction of sp³-hybridized carbons (Fsp3) is 0.379. The standard InChI is InChI=1S/C29H34O10S/c1-32-24-10-4-21(5-11-24)16-35-19-28-29(37-18-23-8-14-26(34-3)15-9-23)27(20-38-40(30,31)39-28)36-17-22-6-12-25(33-2)13-7-22/h4-15,27-29H,16-20H2,1-3H3/t27-,28+,29+/m1/s1. The maximum atomic E-state index is 12.5. The first kappa shape index (κ1) is 29.8. The number of rotatable bonds is 13. The largest absolute Gasteiger partial charge is 0.497 e. The van der Waals surface area contributed by atoms with Crippen molar-refractivity contribution in [2.45, 2.75) is 38.1 Å². The fourth-order valence-corrected chi connectivity index (χ4v) is 4.88. The van der Waals surface area contributed by atoms with Crippen LogP contribution in [-0.2, 0) is 52.8 Å². The van der Waals surface area contributed by atoms with Gasteiger partial charge in [0.15, 0.2) is 0 Å². The third-order valence-electron chi connectivity index (χ3n) is 6.29. The van der Waals surface area contributed by atoms with Crippen molar-refractivity contribution in [2.75, 3.05) is 34.5 Å². The minimum Gasteiger partial charge on any atom is -0.497 e. The zero-order valence-electron chi connectivity index (χ0n) is 22.7. The van der Waals surface area contributed by atoms with Crippen LogP contribution in [0.25, 0.3) is 0 Å². The summed E-state index contributed by atoms with van der Waals surface area (Å²) in [5, 5.41) is 0. The Balaban J connectivity index is 1.49. The quantitative estimate of drug-likeness (QED) is 0.297. The highest BCUT2D eigenvalue weighted by Crippen LogP contribution is 2.25. The van der Waals surface area contributed by atoms with E-state index in [1.165, 1.54) is 0 Å². The summed E-state index contributed by atoms with van der Waals surface area (Å²) < 4.78 is 69.4. The Hall–Kier alpha value is -3.19. The summed E-state index contributed by atoms with van der Waals surface area (Å²) in [5.41, 5.74) is 2.62. The van der Waals surface area contributed by atoms with Gasteiger partial charge in [0.1, 0.15) is 35.6 Å². The number of methoxy groups -OCH3 is 3. The first-order chi connectivity index (χ1) is 19.4. The molecule has 0 spiro atoms. The topological polar surface area (TPSA) is 108 Å². The van der Waals surface area contributed by atoms with E-state index < -0.39 is 28.7 Å². The van der Waals surface area contributed by atoms with Crippen molar-refractivity contribution >= 4 is 10.4 Å². The lowest BCUT2D eigenvalue weighted by Gasteiger charge is -2.29. The lowest BCUT2D eigenvalue weighted by molar-refractivity contribution is -0.136. The van der Waals surface area contributed by atoms with E-state index in [2.05, 4.69) is 0 Å². The molecule has 1 aliphatic rings. The molecule has 3 atom stereocenters. The van der Waals surface area contributed by atoms with Crippen LogP contribution in [0.4, 0.5) is 0 Å². The molecule has 0 bridgehead atoms. The van der Waals surface area contributed by atoms with Gasteiger partial charge in [0, 0.05) is 0 Å². The second-order valence-corrected chi connectivity index (χ2v) is 10.3. The van der Waals surface area contributed by atoms with E-state index in [0.717, 1.165) is 28.2 Å². The molecule has 40 heavy (non-hydrogen) atoms. The predicted octanol–water partition coefficient (Wildman–Crippen LogP) is 4.06. The molecule has 0 unspecified atom stereocenters. The average molecular weight is 575 g/mol. The Morgan fingerprint density at radius 1 is 0.675 bits per heavy atom. The third-order valence-corrected chi connectivity index (χ3v) is 7.19. The fourth-order valence-electron chi connectivity index (χ4n) is 4.05. The van der Waals surface area contributed by atoms with Crippen LogP contribution in [-0.4, -0.2) is 61.3 Å². The molecule has 0 amide bonds. The lowest BCUT2D eigenvalue weighted by Crippen LogP contribution is -2.45. The van der Waals surface area contributed by atoms with Crippen LogP contribution >= 0.6 is 0 Å². The first-order valence-electron chi connectivity index (χ1n) is 12.7. The van der Waals surface area contributed by atoms with E-state index in [4.69, 9.17) is 36.8 Å². The molecular weight excluding hydrogens is 540 g/mol. The Bertz CT molecular complexity index is 1280. The monoisotopic (exact) mass is 574 g/mol. The third kappa shape index (κ3) is 8.65. The van der Waals surface area contributed by atoms with Gasteiger partial charge in [-0.25, -0.2) is 8.37 Å². The van der Waals surface area contributed by atoms with Gasteiger partial charge in [-0.3, -0.25) is 0 Å². The van der Waals surface area contributed by atoms with Crippen LogP contribution in [0.3, 0.4) is 0 Å². The molecule has 3 aromatic carbocycles. The van der Waals surface area contributed by atoms with Crippen LogP contribution in [0.2, 0.25) is 0 Å². The van der Waals surface area contributed by atoms with E-state index in [0.29, 0.717) is 5.75 Å². The average Bonchev–Trinajstić information content (AvgIpc) is 3.10. The highest BCUT2D eigenvalue weighted by atomic mass is 32.3. The molecule has 4 rings (SSSR count). The summed E-state index contributed by atoms with van der Waals surface area (Å²) >= 11 is 0. The summed E-state index contributed by atoms with van der Waals surface area (Å²) in [4.78, 5) is 0. The van der Waals surface area contributed by atoms with Crippen molar-refractivity contribution in [3.63, 3.8) is 0 Å². The molecule has 0 N–H and O–H groups in total. The van der Waals surface area contributed by atoms with Crippen LogP contribution in [0.1, 0.15) is 16.7 Å². The molecule has 216 valence electrons. The van der Waals surface area contributed by atoms with Gasteiger partial charge in [0.25, 0.3) is 0 Å². The molecule has 3 aromatic rings. The maximum absolute atomic E-state index is 12.5. The number of ether oxygens (including phenoxy) is 6. The molecule has 0 radical (unpaired) electrons. The van der Waals surface area contributed by atoms with E-state index >= 15 is 0 Å². The smallest absolute Gasteiger partial charge is 0.400 e. The van der Waals surface area contributed by atoms with E-state index in [-0.39, 0.29) is 33.0 Å². The van der Waals surface area contributed by atoms with Gasteiger partial charge in [0.05, 0.1) is 54.4 Å². The van der Waals surface area contributed by atoms with Gasteiger partial charge < -0.3 is 28.4 Å².